The molecule has 2 rings (SSSR count). The fourth-order valence-corrected chi connectivity index (χ4v) is 1.42. The molecule has 0 atom stereocenters. The highest BCUT2D eigenvalue weighted by Crippen LogP contribution is 2.22. The Morgan fingerprint density at radius 1 is 0.875 bits per heavy atom. The number of non-ortho nitro benzene ring substituents is 1. The number of benzene rings is 2. The molecule has 0 saturated heterocycles. The zero-order valence-corrected chi connectivity index (χ0v) is 8.26. The van der Waals surface area contributed by atoms with E-state index in [2.05, 4.69) is 0 Å². The molecule has 2 aromatic carbocycles. The van der Waals surface area contributed by atoms with Crippen LogP contribution < -0.4 is 0 Å². The molecule has 2 aromatic rings. The summed E-state index contributed by atoms with van der Waals surface area (Å²) in [6.07, 6.45) is 0. The zero-order valence-electron chi connectivity index (χ0n) is 8.26. The number of nitro benzene ring substituents is 1. The second-order valence-electron chi connectivity index (χ2n) is 3.31. The van der Waals surface area contributed by atoms with Crippen LogP contribution in [0.5, 0.6) is 0 Å². The number of nitro groups is 1. The molecule has 3 nitrogen and oxygen atoms in total. The number of hydrogen-bond acceptors (Lipinski definition) is 2. The molecular weight excluding hydrogens is 208 g/mol. The van der Waals surface area contributed by atoms with Crippen molar-refractivity contribution in [2.45, 2.75) is 0 Å². The molecule has 4 heteroatoms. The van der Waals surface area contributed by atoms with Crippen LogP contribution in [0.3, 0.4) is 0 Å². The fraction of sp³-hybridized carbons (Fsp3) is 0. The molecule has 0 aliphatic rings. The van der Waals surface area contributed by atoms with Gasteiger partial charge in [0.05, 0.1) is 4.92 Å². The third-order valence-electron chi connectivity index (χ3n) is 2.26. The van der Waals surface area contributed by atoms with Crippen LogP contribution in [0.25, 0.3) is 11.1 Å². The fourth-order valence-electron chi connectivity index (χ4n) is 1.42. The molecule has 0 radical (unpaired) electrons. The summed E-state index contributed by atoms with van der Waals surface area (Å²) in [7, 11) is 0. The number of nitrogens with zero attached hydrogens (tertiary/aromatic N) is 1. The lowest BCUT2D eigenvalue weighted by molar-refractivity contribution is -0.384. The van der Waals surface area contributed by atoms with Gasteiger partial charge >= 0.3 is 0 Å². The monoisotopic (exact) mass is 216 g/mol. The summed E-state index contributed by atoms with van der Waals surface area (Å²) in [5.74, 6) is -0.300. The van der Waals surface area contributed by atoms with Crippen LogP contribution >= 0.6 is 0 Å². The van der Waals surface area contributed by atoms with Crippen molar-refractivity contribution in [2.75, 3.05) is 0 Å². The second-order valence-corrected chi connectivity index (χ2v) is 3.31. The highest BCUT2D eigenvalue weighted by molar-refractivity contribution is 5.64. The van der Waals surface area contributed by atoms with Crippen LogP contribution in [0.15, 0.2) is 48.5 Å². The Balaban J connectivity index is 2.34. The van der Waals surface area contributed by atoms with E-state index < -0.39 is 4.92 Å². The zero-order chi connectivity index (χ0) is 11.5. The molecule has 0 aromatic heterocycles. The minimum absolute atomic E-state index is 0.0471. The summed E-state index contributed by atoms with van der Waals surface area (Å²) in [5, 5.41) is 10.4. The molecule has 16 heavy (non-hydrogen) atoms. The van der Waals surface area contributed by atoms with Gasteiger partial charge in [-0.25, -0.2) is 4.39 Å². The van der Waals surface area contributed by atoms with Crippen LogP contribution in [0, 0.1) is 15.9 Å². The first-order valence-electron chi connectivity index (χ1n) is 4.67. The van der Waals surface area contributed by atoms with Gasteiger partial charge in [0.25, 0.3) is 5.69 Å². The van der Waals surface area contributed by atoms with Gasteiger partial charge in [-0.3, -0.25) is 10.1 Å². The Kier molecular flexibility index (Phi) is 2.64. The molecule has 0 spiro atoms. The molecule has 0 fully saturated rings. The Hall–Kier alpha value is -2.23. The normalized spacial score (nSPS) is 10.1. The van der Waals surface area contributed by atoms with Crippen LogP contribution in [0.4, 0.5) is 10.1 Å². The van der Waals surface area contributed by atoms with Gasteiger partial charge in [-0.15, -0.1) is 0 Å². The van der Waals surface area contributed by atoms with Gasteiger partial charge in [-0.05, 0) is 35.4 Å². The highest BCUT2D eigenvalue weighted by atomic mass is 18.2. The Labute approximate surface area is 91.3 Å². The molecule has 80 valence electrons. The molecule has 0 amide bonds. The van der Waals surface area contributed by atoms with Crippen molar-refractivity contribution in [1.29, 1.82) is 0 Å². The van der Waals surface area contributed by atoms with Crippen molar-refractivity contribution in [1.82, 2.24) is 0 Å². The van der Waals surface area contributed by atoms with E-state index in [0.29, 0.717) is 0 Å². The van der Waals surface area contributed by atoms with Crippen molar-refractivity contribution < 1.29 is 9.31 Å². The predicted molar refractivity (Wildman–Crippen MR) is 58.5 cm³/mol. The summed E-state index contributed by atoms with van der Waals surface area (Å²) in [5.41, 5.74) is 1.70. The summed E-state index contributed by atoms with van der Waals surface area (Å²) in [6.45, 7) is 0. The van der Waals surface area contributed by atoms with E-state index in [1.807, 2.05) is 0 Å². The molecule has 0 unspecified atom stereocenters. The first-order valence-corrected chi connectivity index (χ1v) is 4.67. The maximum absolute atomic E-state index is 12.7. The van der Waals surface area contributed by atoms with Gasteiger partial charge < -0.3 is 0 Å². The summed E-state index contributed by atoms with van der Waals surface area (Å²) in [6, 6.07) is 12.1. The lowest BCUT2D eigenvalue weighted by Gasteiger charge is -2.00. The average molecular weight is 216 g/mol. The van der Waals surface area contributed by atoms with E-state index in [9.17, 15) is 14.5 Å². The summed E-state index contributed by atoms with van der Waals surface area (Å²) in [4.78, 5) is 10.00. The van der Waals surface area contributed by atoms with Crippen LogP contribution in [-0.2, 0) is 0 Å². The average Bonchev–Trinajstić information content (AvgIpc) is 2.30. The topological polar surface area (TPSA) is 43.1 Å². The number of halogens is 1. The maximum Gasteiger partial charge on any atom is 0.269 e. The quantitative estimate of drug-likeness (QED) is 0.570. The summed E-state index contributed by atoms with van der Waals surface area (Å²) < 4.78 is 12.7. The largest absolute Gasteiger partial charge is 0.269 e. The first-order chi connectivity index (χ1) is 7.66. The van der Waals surface area contributed by atoms with E-state index in [1.165, 1.54) is 24.3 Å². The van der Waals surface area contributed by atoms with Crippen LogP contribution in [0.2, 0.25) is 0 Å². The molecule has 0 saturated carbocycles. The van der Waals surface area contributed by atoms with Crippen LogP contribution in [-0.4, -0.2) is 4.92 Å². The van der Waals surface area contributed by atoms with E-state index in [4.69, 9.17) is 0 Å². The Bertz CT molecular complexity index is 506. The summed E-state index contributed by atoms with van der Waals surface area (Å²) >= 11 is 0. The van der Waals surface area contributed by atoms with Crippen molar-refractivity contribution in [3.8, 4) is 11.1 Å². The van der Waals surface area contributed by atoms with Gasteiger partial charge in [0, 0.05) is 12.1 Å². The molecule has 0 N–H and O–H groups in total. The van der Waals surface area contributed by atoms with Crippen molar-refractivity contribution in [3.05, 3.63) is 64.5 Å². The number of rotatable bonds is 2. The first kappa shape index (κ1) is 10.3. The van der Waals surface area contributed by atoms with E-state index in [0.717, 1.165) is 11.1 Å². The highest BCUT2D eigenvalue weighted by Gasteiger charge is 2.04. The van der Waals surface area contributed by atoms with E-state index >= 15 is 0 Å². The molecule has 0 aliphatic carbocycles. The number of hydrogen-bond donors (Lipinski definition) is 0. The second kappa shape index (κ2) is 4.10. The third kappa shape index (κ3) is 2.06. The van der Waals surface area contributed by atoms with E-state index in [1.54, 1.807) is 24.3 Å². The van der Waals surface area contributed by atoms with Crippen LogP contribution in [0.1, 0.15) is 0 Å². The molecule has 0 aliphatic heterocycles. The van der Waals surface area contributed by atoms with Gasteiger partial charge in [-0.2, -0.15) is 0 Å². The van der Waals surface area contributed by atoms with E-state index in [-0.39, 0.29) is 11.5 Å². The van der Waals surface area contributed by atoms with Crippen molar-refractivity contribution >= 4 is 5.69 Å². The van der Waals surface area contributed by atoms with Gasteiger partial charge in [0.2, 0.25) is 0 Å². The van der Waals surface area contributed by atoms with Crippen molar-refractivity contribution in [2.24, 2.45) is 0 Å². The lowest BCUT2D eigenvalue weighted by atomic mass is 10.1. The maximum atomic E-state index is 12.7. The van der Waals surface area contributed by atoms with Gasteiger partial charge in [-0.1, -0.05) is 12.1 Å². The molecule has 0 bridgehead atoms. The minimum Gasteiger partial charge on any atom is -0.258 e. The smallest absolute Gasteiger partial charge is 0.258 e. The minimum atomic E-state index is -0.450. The lowest BCUT2D eigenvalue weighted by Crippen LogP contribution is -1.87. The van der Waals surface area contributed by atoms with Crippen molar-refractivity contribution in [3.63, 3.8) is 0 Å². The third-order valence-corrected chi connectivity index (χ3v) is 2.26. The van der Waals surface area contributed by atoms with Gasteiger partial charge in [0.15, 0.2) is 0 Å². The van der Waals surface area contributed by atoms with Gasteiger partial charge in [0.1, 0.15) is 5.82 Å². The molecule has 0 heterocycles. The SMILES string of the molecule is O=[N+]([O-])c1ccc(-c2ccc([18F])cc2)cc1. The predicted octanol–water partition coefficient (Wildman–Crippen LogP) is 3.40. The Morgan fingerprint density at radius 2 is 1.31 bits per heavy atom. The Morgan fingerprint density at radius 3 is 1.75 bits per heavy atom. The molecular formula is C12H8FNO2. The standard InChI is InChI=1S/C12H8FNO2/c13-11-5-1-9(2-6-11)10-3-7-12(8-4-10)14(15)16/h1-8H/i13-1.